The van der Waals surface area contributed by atoms with Gasteiger partial charge in [-0.2, -0.15) is 5.10 Å². The van der Waals surface area contributed by atoms with Gasteiger partial charge in [-0.25, -0.2) is 0 Å². The first-order valence-corrected chi connectivity index (χ1v) is 12.6. The second-order valence-electron chi connectivity index (χ2n) is 9.98. The van der Waals surface area contributed by atoms with Crippen LogP contribution >= 0.6 is 0 Å². The van der Waals surface area contributed by atoms with Gasteiger partial charge in [0.2, 0.25) is 5.91 Å². The Morgan fingerprint density at radius 2 is 2.03 bits per heavy atom. The number of benzene rings is 2. The number of ether oxygens (including phenoxy) is 2. The van der Waals surface area contributed by atoms with Crippen LogP contribution in [0.2, 0.25) is 0 Å². The maximum absolute atomic E-state index is 13.3. The lowest BCUT2D eigenvalue weighted by molar-refractivity contribution is -0.121. The number of hydrogen-bond acceptors (Lipinski definition) is 6. The number of amides is 2. The Bertz CT molecular complexity index is 1220. The summed E-state index contributed by atoms with van der Waals surface area (Å²) in [5.41, 5.74) is 3.88. The van der Waals surface area contributed by atoms with Gasteiger partial charge in [-0.1, -0.05) is 19.9 Å². The largest absolute Gasteiger partial charge is 0.492 e. The predicted molar refractivity (Wildman–Crippen MR) is 143 cm³/mol. The van der Waals surface area contributed by atoms with Crippen molar-refractivity contribution in [2.45, 2.75) is 20.3 Å². The highest BCUT2D eigenvalue weighted by Gasteiger charge is 2.27. The molecule has 0 bridgehead atoms. The van der Waals surface area contributed by atoms with Crippen molar-refractivity contribution in [3.05, 3.63) is 59.9 Å². The number of rotatable bonds is 10. The van der Waals surface area contributed by atoms with E-state index >= 15 is 0 Å². The van der Waals surface area contributed by atoms with Crippen LogP contribution in [-0.4, -0.2) is 67.3 Å². The first kappa shape index (κ1) is 26.2. The van der Waals surface area contributed by atoms with Gasteiger partial charge in [-0.15, -0.1) is 0 Å². The van der Waals surface area contributed by atoms with Crippen molar-refractivity contribution in [2.24, 2.45) is 11.8 Å². The van der Waals surface area contributed by atoms with Crippen molar-refractivity contribution in [3.63, 3.8) is 0 Å². The lowest BCUT2D eigenvalue weighted by Crippen LogP contribution is -2.33. The topological polar surface area (TPSA) is 109 Å². The number of anilines is 1. The molecule has 1 unspecified atom stereocenters. The van der Waals surface area contributed by atoms with Gasteiger partial charge in [-0.05, 0) is 67.9 Å². The molecular formula is C28H35N5O4. The number of aromatic amines is 1. The molecule has 0 saturated carbocycles. The maximum Gasteiger partial charge on any atom is 0.251 e. The van der Waals surface area contributed by atoms with Crippen LogP contribution in [-0.2, 0) is 11.2 Å². The molecule has 3 N–H and O–H groups in total. The summed E-state index contributed by atoms with van der Waals surface area (Å²) in [4.78, 5) is 27.8. The Hall–Kier alpha value is -3.85. The van der Waals surface area contributed by atoms with Gasteiger partial charge in [0.15, 0.2) is 0 Å². The smallest absolute Gasteiger partial charge is 0.251 e. The Morgan fingerprint density at radius 1 is 1.19 bits per heavy atom. The highest BCUT2D eigenvalue weighted by Crippen LogP contribution is 2.33. The standard InChI is InChI=1S/C28H35N5O4/c1-18(2)14-29-27(34)20-6-8-25-21(11-20)12-22(17-37-25)28(35)32-24-7-5-19(23-15-30-31-16-23)13-26(24)36-10-9-33(3)4/h5-8,11,13,15-16,18,22H,9-10,12,14,17H2,1-4H3,(H,29,34)(H,30,31)(H,32,35). The van der Waals surface area contributed by atoms with E-state index in [1.54, 1.807) is 18.3 Å². The fourth-order valence-electron chi connectivity index (χ4n) is 4.01. The molecule has 1 atom stereocenters. The van der Waals surface area contributed by atoms with Crippen molar-refractivity contribution in [1.29, 1.82) is 0 Å². The molecule has 2 amide bonds. The molecule has 2 aromatic carbocycles. The minimum absolute atomic E-state index is 0.125. The Morgan fingerprint density at radius 3 is 2.76 bits per heavy atom. The zero-order valence-corrected chi connectivity index (χ0v) is 21.8. The molecule has 1 aliphatic heterocycles. The molecule has 9 heteroatoms. The number of likely N-dealkylation sites (N-methyl/N-ethyl adjacent to an activating group) is 1. The Labute approximate surface area is 217 Å². The summed E-state index contributed by atoms with van der Waals surface area (Å²) in [6, 6.07) is 11.1. The number of H-pyrrole nitrogens is 1. The zero-order chi connectivity index (χ0) is 26.4. The molecule has 0 saturated heterocycles. The third kappa shape index (κ3) is 6.89. The molecule has 3 aromatic rings. The van der Waals surface area contributed by atoms with E-state index in [-0.39, 0.29) is 18.4 Å². The van der Waals surface area contributed by atoms with Crippen LogP contribution in [0.1, 0.15) is 29.8 Å². The molecule has 0 aliphatic carbocycles. The minimum atomic E-state index is -0.398. The van der Waals surface area contributed by atoms with Crippen LogP contribution in [0.3, 0.4) is 0 Å². The van der Waals surface area contributed by atoms with E-state index in [1.165, 1.54) is 0 Å². The minimum Gasteiger partial charge on any atom is -0.492 e. The number of nitrogens with zero attached hydrogens (tertiary/aromatic N) is 2. The van der Waals surface area contributed by atoms with Crippen molar-refractivity contribution in [2.75, 3.05) is 45.7 Å². The molecule has 1 aliphatic rings. The lowest BCUT2D eigenvalue weighted by Gasteiger charge is -2.25. The van der Waals surface area contributed by atoms with Gasteiger partial charge in [-0.3, -0.25) is 14.7 Å². The lowest BCUT2D eigenvalue weighted by atomic mass is 9.94. The molecule has 196 valence electrons. The number of carbonyl (C=O) groups is 2. The van der Waals surface area contributed by atoms with E-state index in [9.17, 15) is 9.59 Å². The molecule has 0 radical (unpaired) electrons. The molecule has 2 heterocycles. The van der Waals surface area contributed by atoms with E-state index < -0.39 is 5.92 Å². The van der Waals surface area contributed by atoms with E-state index in [4.69, 9.17) is 9.47 Å². The average molecular weight is 506 g/mol. The van der Waals surface area contributed by atoms with Crippen LogP contribution < -0.4 is 20.1 Å². The first-order chi connectivity index (χ1) is 17.8. The van der Waals surface area contributed by atoms with Crippen LogP contribution in [0, 0.1) is 11.8 Å². The zero-order valence-electron chi connectivity index (χ0n) is 21.8. The van der Waals surface area contributed by atoms with Crippen molar-refractivity contribution >= 4 is 17.5 Å². The second-order valence-corrected chi connectivity index (χ2v) is 9.98. The third-order valence-electron chi connectivity index (χ3n) is 6.14. The van der Waals surface area contributed by atoms with Gasteiger partial charge in [0.05, 0.1) is 17.8 Å². The van der Waals surface area contributed by atoms with E-state index in [1.807, 2.05) is 63.3 Å². The summed E-state index contributed by atoms with van der Waals surface area (Å²) < 4.78 is 11.9. The summed E-state index contributed by atoms with van der Waals surface area (Å²) in [7, 11) is 3.96. The number of nitrogens with one attached hydrogen (secondary N) is 3. The Kier molecular flexibility index (Phi) is 8.45. The van der Waals surface area contributed by atoms with Crippen LogP contribution in [0.15, 0.2) is 48.8 Å². The molecular weight excluding hydrogens is 470 g/mol. The normalized spacial score (nSPS) is 14.7. The molecule has 1 aromatic heterocycles. The van der Waals surface area contributed by atoms with Gasteiger partial charge in [0.25, 0.3) is 5.91 Å². The summed E-state index contributed by atoms with van der Waals surface area (Å²) >= 11 is 0. The third-order valence-corrected chi connectivity index (χ3v) is 6.14. The number of hydrogen-bond donors (Lipinski definition) is 3. The quantitative estimate of drug-likeness (QED) is 0.389. The summed E-state index contributed by atoms with van der Waals surface area (Å²) in [6.07, 6.45) is 4.03. The van der Waals surface area contributed by atoms with Crippen LogP contribution in [0.4, 0.5) is 5.69 Å². The van der Waals surface area contributed by atoms with Gasteiger partial charge < -0.3 is 25.0 Å². The molecule has 4 rings (SSSR count). The second kappa shape index (κ2) is 11.9. The van der Waals surface area contributed by atoms with Crippen LogP contribution in [0.5, 0.6) is 11.5 Å². The SMILES string of the molecule is CC(C)CNC(=O)c1ccc2c(c1)CC(C(=O)Nc1ccc(-c3cn[nH]c3)cc1OCCN(C)C)CO2. The molecule has 0 spiro atoms. The first-order valence-electron chi connectivity index (χ1n) is 12.6. The molecule has 9 nitrogen and oxygen atoms in total. The number of fused-ring (bicyclic) bond motifs is 1. The molecule has 0 fully saturated rings. The summed E-state index contributed by atoms with van der Waals surface area (Å²) in [6.45, 7) is 6.19. The van der Waals surface area contributed by atoms with E-state index in [0.717, 1.165) is 23.2 Å². The molecule has 37 heavy (non-hydrogen) atoms. The monoisotopic (exact) mass is 505 g/mol. The predicted octanol–water partition coefficient (Wildman–Crippen LogP) is 3.59. The van der Waals surface area contributed by atoms with Gasteiger partial charge >= 0.3 is 0 Å². The highest BCUT2D eigenvalue weighted by atomic mass is 16.5. The van der Waals surface area contributed by atoms with Crippen molar-refractivity contribution in [1.82, 2.24) is 20.4 Å². The van der Waals surface area contributed by atoms with Gasteiger partial charge in [0.1, 0.15) is 24.7 Å². The fraction of sp³-hybridized carbons (Fsp3) is 0.393. The number of carbonyl (C=O) groups excluding carboxylic acids is 2. The van der Waals surface area contributed by atoms with Crippen molar-refractivity contribution < 1.29 is 19.1 Å². The van der Waals surface area contributed by atoms with Gasteiger partial charge in [0, 0.05) is 30.4 Å². The van der Waals surface area contributed by atoms with E-state index in [0.29, 0.717) is 48.2 Å². The summed E-state index contributed by atoms with van der Waals surface area (Å²) in [5.74, 6) is 0.985. The highest BCUT2D eigenvalue weighted by molar-refractivity contribution is 5.96. The van der Waals surface area contributed by atoms with E-state index in [2.05, 4.69) is 20.8 Å². The van der Waals surface area contributed by atoms with Crippen molar-refractivity contribution in [3.8, 4) is 22.6 Å². The summed E-state index contributed by atoms with van der Waals surface area (Å²) in [5, 5.41) is 12.8. The maximum atomic E-state index is 13.3. The van der Waals surface area contributed by atoms with Crippen LogP contribution in [0.25, 0.3) is 11.1 Å². The average Bonchev–Trinajstić information content (AvgIpc) is 3.42. The fourth-order valence-corrected chi connectivity index (χ4v) is 4.01. The Balaban J connectivity index is 1.47. The number of aromatic nitrogens is 2.